The second-order valence-corrected chi connectivity index (χ2v) is 13.2. The minimum absolute atomic E-state index is 0.0207. The Labute approximate surface area is 266 Å². The van der Waals surface area contributed by atoms with Crippen LogP contribution >= 0.6 is 0 Å². The third-order valence-corrected chi connectivity index (χ3v) is 9.35. The highest BCUT2D eigenvalue weighted by Crippen LogP contribution is 2.39. The summed E-state index contributed by atoms with van der Waals surface area (Å²) >= 11 is 0. The van der Waals surface area contributed by atoms with E-state index in [9.17, 15) is 14.7 Å². The van der Waals surface area contributed by atoms with Gasteiger partial charge in [0.15, 0.2) is 0 Å². The van der Waals surface area contributed by atoms with Gasteiger partial charge in [-0.2, -0.15) is 0 Å². The molecule has 1 aliphatic heterocycles. The van der Waals surface area contributed by atoms with Crippen molar-refractivity contribution in [1.82, 2.24) is 14.9 Å². The fraction of sp³-hybridized carbons (Fsp3) is 0.600. The molecule has 1 saturated heterocycles. The van der Waals surface area contributed by atoms with Crippen molar-refractivity contribution in [1.29, 1.82) is 0 Å². The van der Waals surface area contributed by atoms with E-state index in [-0.39, 0.29) is 47.9 Å². The van der Waals surface area contributed by atoms with Crippen LogP contribution in [0.4, 0.5) is 5.95 Å². The van der Waals surface area contributed by atoms with E-state index in [4.69, 9.17) is 20.2 Å². The molecule has 2 aliphatic carbocycles. The van der Waals surface area contributed by atoms with Crippen LogP contribution in [0.1, 0.15) is 94.9 Å². The Bertz CT molecular complexity index is 1330. The van der Waals surface area contributed by atoms with Crippen molar-refractivity contribution in [2.24, 2.45) is 17.6 Å². The molecule has 1 amide bonds. The molecule has 0 bridgehead atoms. The summed E-state index contributed by atoms with van der Waals surface area (Å²) in [6.07, 6.45) is 11.8. The van der Waals surface area contributed by atoms with Gasteiger partial charge in [-0.1, -0.05) is 38.1 Å². The minimum Gasteiger partial charge on any atom is -0.493 e. The molecule has 0 radical (unpaired) electrons. The van der Waals surface area contributed by atoms with Crippen LogP contribution in [0.2, 0.25) is 0 Å². The van der Waals surface area contributed by atoms with E-state index in [1.165, 1.54) is 0 Å². The molecular formula is C35H49N5O5. The normalized spacial score (nSPS) is 23.0. The van der Waals surface area contributed by atoms with Crippen LogP contribution in [-0.2, 0) is 14.3 Å². The highest BCUT2D eigenvalue weighted by Gasteiger charge is 2.33. The number of ether oxygens (including phenoxy) is 2. The first-order valence-corrected chi connectivity index (χ1v) is 16.7. The summed E-state index contributed by atoms with van der Waals surface area (Å²) in [7, 11) is 0. The average Bonchev–Trinajstić information content (AvgIpc) is 3.48. The van der Waals surface area contributed by atoms with Crippen LogP contribution in [0, 0.1) is 11.8 Å². The number of likely N-dealkylation sites (tertiary alicyclic amines) is 1. The van der Waals surface area contributed by atoms with Crippen molar-refractivity contribution in [3.63, 3.8) is 0 Å². The molecule has 2 fully saturated rings. The Balaban J connectivity index is 1.09. The fourth-order valence-corrected chi connectivity index (χ4v) is 6.50. The lowest BCUT2D eigenvalue weighted by molar-refractivity contribution is -0.155. The molecule has 3 atom stereocenters. The number of amides is 1. The number of aliphatic hydroxyl groups excluding tert-OH is 1. The number of nitrogens with zero attached hydrogens (tertiary/aromatic N) is 3. The Morgan fingerprint density at radius 1 is 1.09 bits per heavy atom. The SMILES string of the molecule is CC(C)[C@H](N)C(=O)OC1CCN(C(=O)C2CCC(Nc3nccc([C@@H]4C=Cc5c(OCCC[C@H](C)O)cccc54)n3)CC2)CC1. The Kier molecular flexibility index (Phi) is 11.1. The molecule has 2 aromatic rings. The Morgan fingerprint density at radius 2 is 1.84 bits per heavy atom. The van der Waals surface area contributed by atoms with Gasteiger partial charge in [0.05, 0.1) is 18.4 Å². The first-order chi connectivity index (χ1) is 21.7. The second-order valence-electron chi connectivity index (χ2n) is 13.2. The predicted octanol–water partition coefficient (Wildman–Crippen LogP) is 4.66. The largest absolute Gasteiger partial charge is 0.493 e. The number of nitrogens with one attached hydrogen (secondary N) is 1. The van der Waals surface area contributed by atoms with E-state index in [2.05, 4.69) is 28.5 Å². The van der Waals surface area contributed by atoms with Gasteiger partial charge in [-0.25, -0.2) is 9.97 Å². The Hall–Kier alpha value is -3.50. The monoisotopic (exact) mass is 619 g/mol. The molecule has 4 N–H and O–H groups in total. The number of hydrogen-bond donors (Lipinski definition) is 3. The summed E-state index contributed by atoms with van der Waals surface area (Å²) in [6, 6.07) is 7.70. The molecule has 0 unspecified atom stereocenters. The molecule has 1 saturated carbocycles. The molecule has 1 aromatic carbocycles. The minimum atomic E-state index is -0.608. The lowest BCUT2D eigenvalue weighted by Gasteiger charge is -2.36. The molecule has 10 nitrogen and oxygen atoms in total. The smallest absolute Gasteiger partial charge is 0.323 e. The van der Waals surface area contributed by atoms with Crippen molar-refractivity contribution in [2.75, 3.05) is 25.0 Å². The number of carbonyl (C=O) groups excluding carboxylic acids is 2. The molecule has 5 rings (SSSR count). The highest BCUT2D eigenvalue weighted by molar-refractivity contribution is 5.79. The molecule has 0 spiro atoms. The maximum atomic E-state index is 13.3. The summed E-state index contributed by atoms with van der Waals surface area (Å²) in [5.74, 6) is 1.42. The number of benzene rings is 1. The van der Waals surface area contributed by atoms with Gasteiger partial charge < -0.3 is 30.5 Å². The topological polar surface area (TPSA) is 140 Å². The summed E-state index contributed by atoms with van der Waals surface area (Å²) in [4.78, 5) is 36.8. The van der Waals surface area contributed by atoms with Crippen LogP contribution in [0.5, 0.6) is 5.75 Å². The van der Waals surface area contributed by atoms with Gasteiger partial charge in [0.25, 0.3) is 0 Å². The van der Waals surface area contributed by atoms with Crippen LogP contribution in [-0.4, -0.2) is 75.8 Å². The molecule has 244 valence electrons. The van der Waals surface area contributed by atoms with E-state index in [1.807, 2.05) is 36.9 Å². The number of anilines is 1. The third kappa shape index (κ3) is 8.41. The number of carbonyl (C=O) groups is 2. The van der Waals surface area contributed by atoms with Crippen LogP contribution in [0.15, 0.2) is 36.5 Å². The van der Waals surface area contributed by atoms with E-state index < -0.39 is 6.04 Å². The molecule has 10 heteroatoms. The van der Waals surface area contributed by atoms with Gasteiger partial charge in [-0.15, -0.1) is 0 Å². The standard InChI is InChI=1S/C35H49N5O5/c1-22(2)32(36)34(43)45-26-16-19-40(20-17-26)33(42)24-9-11-25(12-10-24)38-35-37-18-15-30(39-35)28-13-14-29-27(28)7-4-8-31(29)44-21-5-6-23(3)41/h4,7-8,13-15,18,22-26,28,32,41H,5-6,9-12,16-17,19-21,36H2,1-3H3,(H,37,38,39)/t23-,24?,25?,28+,32-/m0/s1. The maximum absolute atomic E-state index is 13.3. The van der Waals surface area contributed by atoms with E-state index in [0.29, 0.717) is 38.5 Å². The van der Waals surface area contributed by atoms with Gasteiger partial charge in [0, 0.05) is 55.6 Å². The van der Waals surface area contributed by atoms with Gasteiger partial charge >= 0.3 is 5.97 Å². The van der Waals surface area contributed by atoms with E-state index in [0.717, 1.165) is 61.1 Å². The van der Waals surface area contributed by atoms with E-state index >= 15 is 0 Å². The molecule has 3 aliphatic rings. The maximum Gasteiger partial charge on any atom is 0.323 e. The van der Waals surface area contributed by atoms with Gasteiger partial charge in [0.1, 0.15) is 17.9 Å². The highest BCUT2D eigenvalue weighted by atomic mass is 16.5. The number of piperidine rings is 1. The number of esters is 1. The van der Waals surface area contributed by atoms with Gasteiger partial charge in [-0.05, 0) is 69.1 Å². The number of rotatable bonds is 12. The van der Waals surface area contributed by atoms with Crippen molar-refractivity contribution in [3.05, 3.63) is 53.4 Å². The first kappa shape index (κ1) is 32.9. The Morgan fingerprint density at radius 3 is 2.56 bits per heavy atom. The zero-order valence-corrected chi connectivity index (χ0v) is 26.9. The molecular weight excluding hydrogens is 570 g/mol. The zero-order valence-electron chi connectivity index (χ0n) is 26.9. The number of fused-ring (bicyclic) bond motifs is 1. The van der Waals surface area contributed by atoms with Crippen LogP contribution in [0.25, 0.3) is 6.08 Å². The number of aromatic nitrogens is 2. The van der Waals surface area contributed by atoms with Crippen molar-refractivity contribution < 1.29 is 24.2 Å². The summed E-state index contributed by atoms with van der Waals surface area (Å²) in [6.45, 7) is 7.41. The lowest BCUT2D eigenvalue weighted by Crippen LogP contribution is -2.46. The quantitative estimate of drug-likeness (QED) is 0.229. The number of aliphatic hydroxyl groups is 1. The fourth-order valence-electron chi connectivity index (χ4n) is 6.50. The van der Waals surface area contributed by atoms with Gasteiger partial charge in [0.2, 0.25) is 11.9 Å². The lowest BCUT2D eigenvalue weighted by atomic mass is 9.85. The van der Waals surface area contributed by atoms with Crippen molar-refractivity contribution in [3.8, 4) is 5.75 Å². The first-order valence-electron chi connectivity index (χ1n) is 16.7. The zero-order chi connectivity index (χ0) is 31.9. The number of nitrogens with two attached hydrogens (primary N) is 1. The summed E-state index contributed by atoms with van der Waals surface area (Å²) in [5.41, 5.74) is 9.10. The second kappa shape index (κ2) is 15.2. The van der Waals surface area contributed by atoms with Crippen LogP contribution in [0.3, 0.4) is 0 Å². The van der Waals surface area contributed by atoms with Crippen molar-refractivity contribution >= 4 is 23.9 Å². The molecule has 2 heterocycles. The molecule has 45 heavy (non-hydrogen) atoms. The van der Waals surface area contributed by atoms with Crippen LogP contribution < -0.4 is 15.8 Å². The van der Waals surface area contributed by atoms with E-state index in [1.54, 1.807) is 13.1 Å². The molecule has 1 aromatic heterocycles. The van der Waals surface area contributed by atoms with Gasteiger partial charge in [-0.3, -0.25) is 9.59 Å². The number of hydrogen-bond acceptors (Lipinski definition) is 9. The predicted molar refractivity (Wildman–Crippen MR) is 174 cm³/mol. The number of allylic oxidation sites excluding steroid dienone is 1. The summed E-state index contributed by atoms with van der Waals surface area (Å²) in [5, 5.41) is 13.0. The average molecular weight is 620 g/mol. The summed E-state index contributed by atoms with van der Waals surface area (Å²) < 4.78 is 11.7. The third-order valence-electron chi connectivity index (χ3n) is 9.35. The van der Waals surface area contributed by atoms with Crippen molar-refractivity contribution in [2.45, 2.75) is 102 Å².